The summed E-state index contributed by atoms with van der Waals surface area (Å²) in [5.74, 6) is -1.53. The molecular formula is C31H24N3O9P. The highest BCUT2D eigenvalue weighted by molar-refractivity contribution is 7.55. The van der Waals surface area contributed by atoms with Crippen molar-refractivity contribution < 1.29 is 33.0 Å². The van der Waals surface area contributed by atoms with Gasteiger partial charge in [-0.15, -0.1) is 0 Å². The van der Waals surface area contributed by atoms with Gasteiger partial charge in [-0.2, -0.15) is 0 Å². The quantitative estimate of drug-likeness (QED) is 0.0886. The number of fused-ring (bicyclic) bond motifs is 1. The Morgan fingerprint density at radius 2 is 1.23 bits per heavy atom. The molecule has 1 unspecified atom stereocenters. The summed E-state index contributed by atoms with van der Waals surface area (Å²) < 4.78 is 31.8. The number of nitrogens with one attached hydrogen (secondary N) is 1. The molecule has 0 saturated heterocycles. The van der Waals surface area contributed by atoms with Gasteiger partial charge in [0.1, 0.15) is 18.1 Å². The monoisotopic (exact) mass is 613 g/mol. The normalized spacial score (nSPS) is 11.7. The molecule has 0 aliphatic carbocycles. The average Bonchev–Trinajstić information content (AvgIpc) is 3.03. The zero-order valence-corrected chi connectivity index (χ0v) is 23.7. The van der Waals surface area contributed by atoms with Crippen molar-refractivity contribution >= 4 is 35.8 Å². The van der Waals surface area contributed by atoms with E-state index in [1.165, 1.54) is 24.3 Å². The Balaban J connectivity index is 1.45. The molecule has 0 fully saturated rings. The van der Waals surface area contributed by atoms with Crippen LogP contribution in [0.25, 0.3) is 10.8 Å². The fourth-order valence-corrected chi connectivity index (χ4v) is 6.17. The third kappa shape index (κ3) is 7.18. The van der Waals surface area contributed by atoms with Gasteiger partial charge in [0.15, 0.2) is 5.78 Å². The molecule has 44 heavy (non-hydrogen) atoms. The highest BCUT2D eigenvalue weighted by Gasteiger charge is 2.42. The minimum Gasteiger partial charge on any atom is -0.445 e. The highest BCUT2D eigenvalue weighted by atomic mass is 31.2. The lowest BCUT2D eigenvalue weighted by molar-refractivity contribution is -0.385. The summed E-state index contributed by atoms with van der Waals surface area (Å²) in [5.41, 5.74) is 0.613. The van der Waals surface area contributed by atoms with Crippen molar-refractivity contribution in [2.45, 2.75) is 12.4 Å². The first kappa shape index (κ1) is 29.7. The first-order chi connectivity index (χ1) is 21.2. The average molecular weight is 614 g/mol. The van der Waals surface area contributed by atoms with E-state index in [4.69, 9.17) is 13.8 Å². The van der Waals surface area contributed by atoms with E-state index in [9.17, 15) is 29.6 Å². The Bertz CT molecular complexity index is 1790. The Morgan fingerprint density at radius 1 is 0.705 bits per heavy atom. The van der Waals surface area contributed by atoms with Crippen molar-refractivity contribution in [1.82, 2.24) is 5.32 Å². The predicted octanol–water partition coefficient (Wildman–Crippen LogP) is 7.93. The van der Waals surface area contributed by atoms with Gasteiger partial charge in [0.2, 0.25) is 0 Å². The Morgan fingerprint density at radius 3 is 1.77 bits per heavy atom. The number of rotatable bonds is 11. The molecular weight excluding hydrogens is 589 g/mol. The molecule has 0 aliphatic rings. The minimum atomic E-state index is -4.51. The lowest BCUT2D eigenvalue weighted by atomic mass is 10.1. The molecule has 0 aliphatic heterocycles. The Labute approximate surface area is 250 Å². The van der Waals surface area contributed by atoms with Crippen LogP contribution in [-0.4, -0.2) is 15.9 Å². The van der Waals surface area contributed by atoms with Gasteiger partial charge in [-0.05, 0) is 52.2 Å². The van der Waals surface area contributed by atoms with Gasteiger partial charge >= 0.3 is 13.7 Å². The first-order valence-corrected chi connectivity index (χ1v) is 14.8. The summed E-state index contributed by atoms with van der Waals surface area (Å²) in [6, 6.07) is 31.2. The third-order valence-corrected chi connectivity index (χ3v) is 8.42. The zero-order chi connectivity index (χ0) is 31.1. The van der Waals surface area contributed by atoms with E-state index >= 15 is 0 Å². The zero-order valence-electron chi connectivity index (χ0n) is 22.8. The van der Waals surface area contributed by atoms with Gasteiger partial charge in [-0.3, -0.25) is 20.2 Å². The second kappa shape index (κ2) is 13.1. The van der Waals surface area contributed by atoms with E-state index in [1.807, 2.05) is 42.5 Å². The number of benzene rings is 5. The molecule has 0 radical (unpaired) electrons. The van der Waals surface area contributed by atoms with Gasteiger partial charge in [-0.1, -0.05) is 66.7 Å². The van der Waals surface area contributed by atoms with Crippen LogP contribution in [-0.2, 0) is 15.9 Å². The van der Waals surface area contributed by atoms with Gasteiger partial charge in [0, 0.05) is 24.3 Å². The van der Waals surface area contributed by atoms with Crippen LogP contribution < -0.4 is 14.4 Å². The smallest absolute Gasteiger partial charge is 0.445 e. The van der Waals surface area contributed by atoms with Crippen molar-refractivity contribution in [2.24, 2.45) is 0 Å². The maximum absolute atomic E-state index is 14.7. The topological polar surface area (TPSA) is 160 Å². The standard InChI is InChI=1S/C31H24N3O9P/c35-31(41-21-22-10-11-23-6-4-5-9-25(23)20-22)32-30(24-7-2-1-3-8-24)44(40,42-28-16-12-26(13-17-28)33(36)37)43-29-18-14-27(15-19-29)34(38)39/h1-20,30H,21H2,(H,32,35). The number of carbonyl (C=O) groups is 1. The van der Waals surface area contributed by atoms with Crippen molar-refractivity contribution in [3.05, 3.63) is 153 Å². The number of nitro benzene ring substituents is 2. The van der Waals surface area contributed by atoms with Crippen LogP contribution in [0.15, 0.2) is 121 Å². The molecule has 1 atom stereocenters. The van der Waals surface area contributed by atoms with E-state index in [0.717, 1.165) is 40.6 Å². The lowest BCUT2D eigenvalue weighted by Gasteiger charge is -2.28. The van der Waals surface area contributed by atoms with Crippen LogP contribution >= 0.6 is 7.60 Å². The molecule has 0 heterocycles. The van der Waals surface area contributed by atoms with Crippen molar-refractivity contribution in [1.29, 1.82) is 0 Å². The molecule has 5 aromatic rings. The van der Waals surface area contributed by atoms with Crippen LogP contribution in [0.4, 0.5) is 16.2 Å². The molecule has 0 aromatic heterocycles. The van der Waals surface area contributed by atoms with Crippen molar-refractivity contribution in [3.63, 3.8) is 0 Å². The molecule has 0 bridgehead atoms. The lowest BCUT2D eigenvalue weighted by Crippen LogP contribution is -2.31. The summed E-state index contributed by atoms with van der Waals surface area (Å²) in [4.78, 5) is 34.2. The van der Waals surface area contributed by atoms with Crippen molar-refractivity contribution in [2.75, 3.05) is 0 Å². The summed E-state index contributed by atoms with van der Waals surface area (Å²) in [6.45, 7) is -0.0884. The molecule has 13 heteroatoms. The Hall–Kier alpha value is -5.74. The third-order valence-electron chi connectivity index (χ3n) is 6.43. The molecule has 0 saturated carbocycles. The number of hydrogen-bond acceptors (Lipinski definition) is 9. The number of nitro groups is 2. The van der Waals surface area contributed by atoms with Crippen LogP contribution in [0.2, 0.25) is 0 Å². The molecule has 5 rings (SSSR count). The van der Waals surface area contributed by atoms with E-state index in [1.54, 1.807) is 30.3 Å². The van der Waals surface area contributed by atoms with Crippen LogP contribution in [0.5, 0.6) is 11.5 Å². The first-order valence-electron chi connectivity index (χ1n) is 13.1. The number of amides is 1. The second-order valence-corrected chi connectivity index (χ2v) is 11.4. The predicted molar refractivity (Wildman–Crippen MR) is 162 cm³/mol. The van der Waals surface area contributed by atoms with Crippen LogP contribution in [0, 0.1) is 20.2 Å². The number of non-ortho nitro benzene ring substituents is 2. The van der Waals surface area contributed by atoms with Gasteiger partial charge in [-0.25, -0.2) is 9.36 Å². The number of ether oxygens (including phenoxy) is 1. The number of nitrogens with zero attached hydrogens (tertiary/aromatic N) is 2. The molecule has 5 aromatic carbocycles. The van der Waals surface area contributed by atoms with Crippen LogP contribution in [0.3, 0.4) is 0 Å². The minimum absolute atomic E-state index is 0.0480. The number of alkyl carbamates (subject to hydrolysis) is 1. The summed E-state index contributed by atoms with van der Waals surface area (Å²) >= 11 is 0. The van der Waals surface area contributed by atoms with E-state index in [0.29, 0.717) is 5.56 Å². The molecule has 0 spiro atoms. The molecule has 12 nitrogen and oxygen atoms in total. The van der Waals surface area contributed by atoms with Gasteiger partial charge < -0.3 is 19.1 Å². The maximum atomic E-state index is 14.7. The fraction of sp³-hybridized carbons (Fsp3) is 0.0645. The SMILES string of the molecule is O=C(NC(c1ccccc1)P(=O)(Oc1ccc([N+](=O)[O-])cc1)Oc1ccc([N+](=O)[O-])cc1)OCc1ccc2ccccc2c1. The Kier molecular flexibility index (Phi) is 8.82. The van der Waals surface area contributed by atoms with E-state index in [2.05, 4.69) is 5.32 Å². The number of carbonyl (C=O) groups excluding carboxylic acids is 1. The molecule has 222 valence electrons. The summed E-state index contributed by atoms with van der Waals surface area (Å²) in [5, 5.41) is 26.8. The maximum Gasteiger partial charge on any atom is 0.457 e. The summed E-state index contributed by atoms with van der Waals surface area (Å²) in [7, 11) is -4.51. The van der Waals surface area contributed by atoms with Crippen LogP contribution in [0.1, 0.15) is 16.9 Å². The highest BCUT2D eigenvalue weighted by Crippen LogP contribution is 2.59. The fourth-order valence-electron chi connectivity index (χ4n) is 4.29. The van der Waals surface area contributed by atoms with E-state index in [-0.39, 0.29) is 29.5 Å². The van der Waals surface area contributed by atoms with Crippen molar-refractivity contribution in [3.8, 4) is 11.5 Å². The largest absolute Gasteiger partial charge is 0.457 e. The van der Waals surface area contributed by atoms with E-state index < -0.39 is 29.3 Å². The van der Waals surface area contributed by atoms with Gasteiger partial charge in [0.25, 0.3) is 11.4 Å². The summed E-state index contributed by atoms with van der Waals surface area (Å²) in [6.07, 6.45) is -0.924. The second-order valence-electron chi connectivity index (χ2n) is 9.44. The van der Waals surface area contributed by atoms with Gasteiger partial charge in [0.05, 0.1) is 9.85 Å². The molecule has 1 amide bonds. The number of hydrogen-bond donors (Lipinski definition) is 1. The molecule has 1 N–H and O–H groups in total.